The van der Waals surface area contributed by atoms with E-state index < -0.39 is 0 Å². The number of aromatic nitrogens is 3. The quantitative estimate of drug-likeness (QED) is 0.722. The van der Waals surface area contributed by atoms with Gasteiger partial charge in [0.05, 0.1) is 12.2 Å². The molecule has 148 valence electrons. The number of carbonyl (C=O) groups is 2. The zero-order valence-corrected chi connectivity index (χ0v) is 15.7. The number of nitrogens with one attached hydrogen (secondary N) is 1. The van der Waals surface area contributed by atoms with Crippen molar-refractivity contribution in [2.75, 3.05) is 6.54 Å². The SMILES string of the molecule is O=C(NCc1ccccn1)c1cc2n(n1)CCCN(Cc1ccc(F)cc1)C2=O. The molecule has 2 amide bonds. The standard InChI is InChI=1S/C21H20FN5O2/c22-16-7-5-15(6-8-16)14-26-10-3-11-27-19(21(26)29)12-18(25-27)20(28)24-13-17-4-1-2-9-23-17/h1-2,4-9,12H,3,10-11,13-14H2,(H,24,28). The monoisotopic (exact) mass is 393 g/mol. The molecule has 29 heavy (non-hydrogen) atoms. The highest BCUT2D eigenvalue weighted by Crippen LogP contribution is 2.17. The topological polar surface area (TPSA) is 80.1 Å². The Morgan fingerprint density at radius 1 is 1.14 bits per heavy atom. The maximum absolute atomic E-state index is 13.1. The molecule has 0 atom stereocenters. The number of benzene rings is 1. The molecule has 0 saturated carbocycles. The zero-order chi connectivity index (χ0) is 20.2. The van der Waals surface area contributed by atoms with Crippen molar-refractivity contribution in [2.45, 2.75) is 26.1 Å². The molecule has 0 saturated heterocycles. The number of rotatable bonds is 5. The zero-order valence-electron chi connectivity index (χ0n) is 15.7. The summed E-state index contributed by atoms with van der Waals surface area (Å²) in [5.41, 5.74) is 2.17. The third kappa shape index (κ3) is 4.31. The van der Waals surface area contributed by atoms with E-state index in [2.05, 4.69) is 15.4 Å². The van der Waals surface area contributed by atoms with Crippen molar-refractivity contribution in [3.8, 4) is 0 Å². The summed E-state index contributed by atoms with van der Waals surface area (Å²) in [5.74, 6) is -0.854. The van der Waals surface area contributed by atoms with E-state index in [0.717, 1.165) is 17.7 Å². The number of hydrogen-bond acceptors (Lipinski definition) is 4. The van der Waals surface area contributed by atoms with Gasteiger partial charge in [0, 0.05) is 31.9 Å². The Balaban J connectivity index is 1.47. The maximum Gasteiger partial charge on any atom is 0.272 e. The van der Waals surface area contributed by atoms with Crippen molar-refractivity contribution in [1.82, 2.24) is 25.0 Å². The summed E-state index contributed by atoms with van der Waals surface area (Å²) in [4.78, 5) is 31.3. The van der Waals surface area contributed by atoms with Crippen molar-refractivity contribution < 1.29 is 14.0 Å². The summed E-state index contributed by atoms with van der Waals surface area (Å²) in [5, 5.41) is 7.09. The van der Waals surface area contributed by atoms with Gasteiger partial charge in [-0.05, 0) is 36.2 Å². The lowest BCUT2D eigenvalue weighted by molar-refractivity contribution is 0.0745. The Morgan fingerprint density at radius 3 is 2.72 bits per heavy atom. The third-order valence-electron chi connectivity index (χ3n) is 4.76. The van der Waals surface area contributed by atoms with E-state index in [4.69, 9.17) is 0 Å². The van der Waals surface area contributed by atoms with Gasteiger partial charge in [0.1, 0.15) is 11.5 Å². The number of fused-ring (bicyclic) bond motifs is 1. The molecule has 4 rings (SSSR count). The van der Waals surface area contributed by atoms with Crippen molar-refractivity contribution >= 4 is 11.8 Å². The maximum atomic E-state index is 13.1. The van der Waals surface area contributed by atoms with Crippen LogP contribution in [0.25, 0.3) is 0 Å². The van der Waals surface area contributed by atoms with Gasteiger partial charge >= 0.3 is 0 Å². The minimum absolute atomic E-state index is 0.192. The molecule has 1 aliphatic heterocycles. The molecule has 7 nitrogen and oxygen atoms in total. The van der Waals surface area contributed by atoms with Crippen LogP contribution in [0.3, 0.4) is 0 Å². The highest BCUT2D eigenvalue weighted by atomic mass is 19.1. The normalized spacial score (nSPS) is 13.7. The highest BCUT2D eigenvalue weighted by molar-refractivity contribution is 5.98. The molecule has 2 aromatic heterocycles. The van der Waals surface area contributed by atoms with E-state index >= 15 is 0 Å². The summed E-state index contributed by atoms with van der Waals surface area (Å²) in [6, 6.07) is 13.1. The first-order valence-electron chi connectivity index (χ1n) is 9.40. The fraction of sp³-hybridized carbons (Fsp3) is 0.238. The second kappa shape index (κ2) is 8.22. The molecule has 0 bridgehead atoms. The number of pyridine rings is 1. The lowest BCUT2D eigenvalue weighted by Gasteiger charge is -2.20. The van der Waals surface area contributed by atoms with E-state index in [1.165, 1.54) is 18.2 Å². The summed E-state index contributed by atoms with van der Waals surface area (Å²) in [7, 11) is 0. The van der Waals surface area contributed by atoms with Gasteiger partial charge in [0.15, 0.2) is 5.69 Å². The molecule has 0 aliphatic carbocycles. The van der Waals surface area contributed by atoms with Crippen LogP contribution in [0.4, 0.5) is 4.39 Å². The molecule has 1 aliphatic rings. The highest BCUT2D eigenvalue weighted by Gasteiger charge is 2.26. The number of amides is 2. The number of nitrogens with zero attached hydrogens (tertiary/aromatic N) is 4. The Morgan fingerprint density at radius 2 is 1.97 bits per heavy atom. The molecule has 3 heterocycles. The lowest BCUT2D eigenvalue weighted by atomic mass is 10.2. The average molecular weight is 393 g/mol. The second-order valence-corrected chi connectivity index (χ2v) is 6.85. The van der Waals surface area contributed by atoms with Gasteiger partial charge in [0.2, 0.25) is 0 Å². The van der Waals surface area contributed by atoms with Crippen LogP contribution in [0.5, 0.6) is 0 Å². The van der Waals surface area contributed by atoms with Crippen molar-refractivity contribution in [2.24, 2.45) is 0 Å². The van der Waals surface area contributed by atoms with Gasteiger partial charge < -0.3 is 10.2 Å². The van der Waals surface area contributed by atoms with Crippen LogP contribution in [-0.2, 0) is 19.6 Å². The van der Waals surface area contributed by atoms with Gasteiger partial charge in [-0.3, -0.25) is 19.3 Å². The summed E-state index contributed by atoms with van der Waals surface area (Å²) >= 11 is 0. The fourth-order valence-corrected chi connectivity index (χ4v) is 3.27. The first kappa shape index (κ1) is 18.8. The summed E-state index contributed by atoms with van der Waals surface area (Å²) in [6.07, 6.45) is 2.38. The minimum atomic E-state index is -0.353. The number of aryl methyl sites for hydroxylation is 1. The van der Waals surface area contributed by atoms with E-state index in [9.17, 15) is 14.0 Å². The molecule has 3 aromatic rings. The molecule has 8 heteroatoms. The molecule has 1 aromatic carbocycles. The van der Waals surface area contributed by atoms with E-state index in [0.29, 0.717) is 25.3 Å². The van der Waals surface area contributed by atoms with Crippen molar-refractivity contribution in [1.29, 1.82) is 0 Å². The molecule has 0 radical (unpaired) electrons. The van der Waals surface area contributed by atoms with Crippen LogP contribution in [0.15, 0.2) is 54.7 Å². The van der Waals surface area contributed by atoms with Gasteiger partial charge in [0.25, 0.3) is 11.8 Å². The van der Waals surface area contributed by atoms with Crippen molar-refractivity contribution in [3.05, 3.63) is 83.2 Å². The predicted octanol–water partition coefficient (Wildman–Crippen LogP) is 2.39. The Labute approximate surface area is 167 Å². The van der Waals surface area contributed by atoms with E-state index in [-0.39, 0.29) is 29.9 Å². The number of hydrogen-bond donors (Lipinski definition) is 1. The molecular formula is C21H20FN5O2. The Hall–Kier alpha value is -3.55. The van der Waals surface area contributed by atoms with Crippen LogP contribution >= 0.6 is 0 Å². The van der Waals surface area contributed by atoms with Gasteiger partial charge in [-0.25, -0.2) is 4.39 Å². The molecule has 1 N–H and O–H groups in total. The van der Waals surface area contributed by atoms with Crippen LogP contribution in [0, 0.1) is 5.82 Å². The number of carbonyl (C=O) groups excluding carboxylic acids is 2. The van der Waals surface area contributed by atoms with Crippen LogP contribution in [-0.4, -0.2) is 38.0 Å². The van der Waals surface area contributed by atoms with Crippen LogP contribution < -0.4 is 5.32 Å². The minimum Gasteiger partial charge on any atom is -0.345 e. The first-order chi connectivity index (χ1) is 14.1. The predicted molar refractivity (Wildman–Crippen MR) is 103 cm³/mol. The van der Waals surface area contributed by atoms with E-state index in [1.807, 2.05) is 12.1 Å². The molecule has 0 unspecified atom stereocenters. The Bertz CT molecular complexity index is 1020. The lowest BCUT2D eigenvalue weighted by Crippen LogP contribution is -2.30. The first-order valence-corrected chi connectivity index (χ1v) is 9.40. The average Bonchev–Trinajstić information content (AvgIpc) is 3.11. The molecule has 0 fully saturated rings. The molecule has 0 spiro atoms. The summed E-state index contributed by atoms with van der Waals surface area (Å²) < 4.78 is 14.7. The largest absolute Gasteiger partial charge is 0.345 e. The van der Waals surface area contributed by atoms with Crippen molar-refractivity contribution in [3.63, 3.8) is 0 Å². The molecular weight excluding hydrogens is 373 g/mol. The number of halogens is 1. The van der Waals surface area contributed by atoms with E-state index in [1.54, 1.807) is 34.0 Å². The summed E-state index contributed by atoms with van der Waals surface area (Å²) in [6.45, 7) is 1.79. The van der Waals surface area contributed by atoms with Gasteiger partial charge in [-0.1, -0.05) is 18.2 Å². The second-order valence-electron chi connectivity index (χ2n) is 6.85. The smallest absolute Gasteiger partial charge is 0.272 e. The Kier molecular flexibility index (Phi) is 5.33. The fourth-order valence-electron chi connectivity index (χ4n) is 3.27. The van der Waals surface area contributed by atoms with Crippen LogP contribution in [0.1, 0.15) is 38.7 Å². The van der Waals surface area contributed by atoms with Crippen LogP contribution in [0.2, 0.25) is 0 Å². The third-order valence-corrected chi connectivity index (χ3v) is 4.76. The van der Waals surface area contributed by atoms with Gasteiger partial charge in [-0.15, -0.1) is 0 Å². The van der Waals surface area contributed by atoms with Gasteiger partial charge in [-0.2, -0.15) is 5.10 Å².